The van der Waals surface area contributed by atoms with E-state index in [1.807, 2.05) is 4.90 Å². The molecule has 2 fully saturated rings. The summed E-state index contributed by atoms with van der Waals surface area (Å²) in [5.74, 6) is 1.03. The fourth-order valence-corrected chi connectivity index (χ4v) is 3.74. The maximum atomic E-state index is 12.8. The molecule has 142 valence electrons. The summed E-state index contributed by atoms with van der Waals surface area (Å²) in [5.41, 5.74) is 6.71. The number of nitrogen functional groups attached to an aromatic ring is 1. The topological polar surface area (TPSA) is 58.8 Å². The highest BCUT2D eigenvalue weighted by Gasteiger charge is 2.30. The van der Waals surface area contributed by atoms with E-state index in [-0.39, 0.29) is 30.7 Å². The van der Waals surface area contributed by atoms with Gasteiger partial charge < -0.3 is 20.3 Å². The lowest BCUT2D eigenvalue weighted by atomic mass is 10.1. The summed E-state index contributed by atoms with van der Waals surface area (Å²) in [6.45, 7) is 5.10. The summed E-state index contributed by atoms with van der Waals surface area (Å²) in [6, 6.07) is 3.24. The lowest BCUT2D eigenvalue weighted by Gasteiger charge is -2.21. The van der Waals surface area contributed by atoms with E-state index in [2.05, 4.69) is 4.90 Å². The van der Waals surface area contributed by atoms with Gasteiger partial charge in [0.05, 0.1) is 23.4 Å². The van der Waals surface area contributed by atoms with Gasteiger partial charge in [0, 0.05) is 25.7 Å². The number of methoxy groups -OCH3 is 1. The summed E-state index contributed by atoms with van der Waals surface area (Å²) in [5, 5.41) is 0.391. The van der Waals surface area contributed by atoms with Gasteiger partial charge >= 0.3 is 0 Å². The zero-order valence-electron chi connectivity index (χ0n) is 14.4. The third kappa shape index (κ3) is 5.07. The second kappa shape index (κ2) is 9.72. The van der Waals surface area contributed by atoms with Gasteiger partial charge in [0.2, 0.25) is 0 Å². The van der Waals surface area contributed by atoms with Gasteiger partial charge in [0.1, 0.15) is 5.75 Å². The molecule has 5 nitrogen and oxygen atoms in total. The van der Waals surface area contributed by atoms with Crippen LogP contribution >= 0.6 is 36.4 Å². The van der Waals surface area contributed by atoms with Gasteiger partial charge in [0.15, 0.2) is 0 Å². The number of halogens is 3. The van der Waals surface area contributed by atoms with Crippen molar-refractivity contribution in [3.8, 4) is 5.75 Å². The molecule has 0 bridgehead atoms. The van der Waals surface area contributed by atoms with E-state index < -0.39 is 0 Å². The number of carbonyl (C=O) groups excluding carboxylic acids is 1. The fourth-order valence-electron chi connectivity index (χ4n) is 3.57. The Hall–Kier alpha value is -0.880. The van der Waals surface area contributed by atoms with Crippen LogP contribution in [0.3, 0.4) is 0 Å². The lowest BCUT2D eigenvalue weighted by Crippen LogP contribution is -2.32. The largest absolute Gasteiger partial charge is 0.496 e. The summed E-state index contributed by atoms with van der Waals surface area (Å²) >= 11 is 6.08. The average Bonchev–Trinajstić information content (AvgIpc) is 3.21. The van der Waals surface area contributed by atoms with E-state index in [1.54, 1.807) is 19.2 Å². The van der Waals surface area contributed by atoms with Gasteiger partial charge in [-0.3, -0.25) is 4.79 Å². The number of ether oxygens (including phenoxy) is 1. The summed E-state index contributed by atoms with van der Waals surface area (Å²) in [4.78, 5) is 17.2. The van der Waals surface area contributed by atoms with E-state index in [1.165, 1.54) is 25.9 Å². The Morgan fingerprint density at radius 1 is 1.28 bits per heavy atom. The maximum Gasteiger partial charge on any atom is 0.257 e. The number of likely N-dealkylation sites (tertiary alicyclic amines) is 2. The van der Waals surface area contributed by atoms with Gasteiger partial charge in [-0.1, -0.05) is 11.6 Å². The number of amides is 1. The van der Waals surface area contributed by atoms with E-state index in [4.69, 9.17) is 22.1 Å². The molecule has 2 aliphatic heterocycles. The number of nitrogens with zero attached hydrogens (tertiary/aromatic N) is 2. The Morgan fingerprint density at radius 3 is 2.60 bits per heavy atom. The Labute approximate surface area is 166 Å². The second-order valence-corrected chi connectivity index (χ2v) is 6.89. The molecule has 1 atom stereocenters. The first-order valence-corrected chi connectivity index (χ1v) is 8.61. The van der Waals surface area contributed by atoms with Crippen molar-refractivity contribution < 1.29 is 9.53 Å². The van der Waals surface area contributed by atoms with Crippen LogP contribution in [-0.4, -0.2) is 55.5 Å². The van der Waals surface area contributed by atoms with Gasteiger partial charge in [-0.05, 0) is 44.3 Å². The minimum atomic E-state index is -0.0207. The lowest BCUT2D eigenvalue weighted by molar-refractivity contribution is 0.0781. The summed E-state index contributed by atoms with van der Waals surface area (Å²) in [6.07, 6.45) is 3.67. The van der Waals surface area contributed by atoms with Gasteiger partial charge in [-0.15, -0.1) is 24.8 Å². The Balaban J connectivity index is 0.00000156. The van der Waals surface area contributed by atoms with E-state index in [0.29, 0.717) is 27.9 Å². The Morgan fingerprint density at radius 2 is 1.96 bits per heavy atom. The summed E-state index contributed by atoms with van der Waals surface area (Å²) in [7, 11) is 1.54. The van der Waals surface area contributed by atoms with Crippen LogP contribution in [0, 0.1) is 5.92 Å². The van der Waals surface area contributed by atoms with Crippen molar-refractivity contribution in [3.63, 3.8) is 0 Å². The highest BCUT2D eigenvalue weighted by molar-refractivity contribution is 6.33. The summed E-state index contributed by atoms with van der Waals surface area (Å²) < 4.78 is 5.30. The van der Waals surface area contributed by atoms with E-state index in [9.17, 15) is 4.79 Å². The zero-order chi connectivity index (χ0) is 16.4. The molecule has 2 N–H and O–H groups in total. The molecular formula is C17H26Cl3N3O2. The molecule has 0 radical (unpaired) electrons. The number of nitrogens with two attached hydrogens (primary N) is 1. The van der Waals surface area contributed by atoms with Crippen LogP contribution in [0.1, 0.15) is 29.6 Å². The predicted octanol–water partition coefficient (Wildman–Crippen LogP) is 3.33. The van der Waals surface area contributed by atoms with E-state index in [0.717, 1.165) is 26.1 Å². The number of hydrogen-bond donors (Lipinski definition) is 1. The molecule has 0 aliphatic carbocycles. The molecule has 2 aliphatic rings. The first-order valence-electron chi connectivity index (χ1n) is 8.23. The minimum absolute atomic E-state index is 0. The van der Waals surface area contributed by atoms with Crippen molar-refractivity contribution in [2.75, 3.05) is 45.6 Å². The molecule has 25 heavy (non-hydrogen) atoms. The third-order valence-electron chi connectivity index (χ3n) is 4.84. The molecular weight excluding hydrogens is 385 g/mol. The van der Waals surface area contributed by atoms with Crippen molar-refractivity contribution in [2.24, 2.45) is 5.92 Å². The number of anilines is 1. The highest BCUT2D eigenvalue weighted by atomic mass is 35.5. The predicted molar refractivity (Wildman–Crippen MR) is 107 cm³/mol. The van der Waals surface area contributed by atoms with Crippen molar-refractivity contribution >= 4 is 48.0 Å². The van der Waals surface area contributed by atoms with Crippen LogP contribution < -0.4 is 10.5 Å². The molecule has 2 saturated heterocycles. The molecule has 0 aromatic heterocycles. The van der Waals surface area contributed by atoms with Crippen molar-refractivity contribution in [2.45, 2.75) is 19.3 Å². The van der Waals surface area contributed by atoms with Crippen LogP contribution in [0.25, 0.3) is 0 Å². The van der Waals surface area contributed by atoms with Gasteiger partial charge in [0.25, 0.3) is 5.91 Å². The average molecular weight is 411 g/mol. The Bertz CT molecular complexity index is 595. The van der Waals surface area contributed by atoms with Gasteiger partial charge in [-0.25, -0.2) is 0 Å². The molecule has 2 heterocycles. The third-order valence-corrected chi connectivity index (χ3v) is 5.16. The molecule has 1 aromatic rings. The molecule has 1 aromatic carbocycles. The van der Waals surface area contributed by atoms with Crippen molar-refractivity contribution in [1.29, 1.82) is 0 Å². The van der Waals surface area contributed by atoms with Crippen LogP contribution in [0.4, 0.5) is 5.69 Å². The maximum absolute atomic E-state index is 12.8. The minimum Gasteiger partial charge on any atom is -0.496 e. The normalized spacial score (nSPS) is 20.1. The van der Waals surface area contributed by atoms with Gasteiger partial charge in [-0.2, -0.15) is 0 Å². The second-order valence-electron chi connectivity index (χ2n) is 6.49. The standard InChI is InChI=1S/C17H24ClN3O2.2ClH/c1-23-16-9-15(19)14(18)8-13(16)17(22)21-7-4-12(11-21)10-20-5-2-3-6-20;;/h8-9,12H,2-7,10-11,19H2,1H3;2*1H. The molecule has 0 saturated carbocycles. The number of benzene rings is 1. The molecule has 1 unspecified atom stereocenters. The SMILES string of the molecule is COc1cc(N)c(Cl)cc1C(=O)N1CCC(CN2CCCC2)C1.Cl.Cl. The van der Waals surface area contributed by atoms with Crippen molar-refractivity contribution in [1.82, 2.24) is 9.80 Å². The zero-order valence-corrected chi connectivity index (χ0v) is 16.8. The number of rotatable bonds is 4. The molecule has 0 spiro atoms. The molecule has 8 heteroatoms. The molecule has 1 amide bonds. The van der Waals surface area contributed by atoms with Crippen LogP contribution in [0.5, 0.6) is 5.75 Å². The van der Waals surface area contributed by atoms with Crippen LogP contribution in [0.2, 0.25) is 5.02 Å². The first kappa shape index (κ1) is 22.2. The van der Waals surface area contributed by atoms with E-state index >= 15 is 0 Å². The van der Waals surface area contributed by atoms with Crippen molar-refractivity contribution in [3.05, 3.63) is 22.7 Å². The first-order chi connectivity index (χ1) is 11.1. The smallest absolute Gasteiger partial charge is 0.257 e. The Kier molecular flexibility index (Phi) is 8.61. The number of hydrogen-bond acceptors (Lipinski definition) is 4. The fraction of sp³-hybridized carbons (Fsp3) is 0.588. The molecule has 3 rings (SSSR count). The highest BCUT2D eigenvalue weighted by Crippen LogP contribution is 2.31. The number of carbonyl (C=O) groups is 1. The monoisotopic (exact) mass is 409 g/mol. The van der Waals surface area contributed by atoms with Crippen LogP contribution in [-0.2, 0) is 0 Å². The quantitative estimate of drug-likeness (QED) is 0.774. The van der Waals surface area contributed by atoms with Crippen LogP contribution in [0.15, 0.2) is 12.1 Å².